The molecule has 5 nitrogen and oxygen atoms in total. The molecule has 0 aliphatic carbocycles. The Kier molecular flexibility index (Phi) is 4.79. The van der Waals surface area contributed by atoms with Crippen LogP contribution in [0.25, 0.3) is 0 Å². The fraction of sp³-hybridized carbons (Fsp3) is 0.846. The number of amides is 1. The average molecular weight is 287 g/mol. The van der Waals surface area contributed by atoms with E-state index in [1.54, 1.807) is 0 Å². The molecule has 0 spiro atoms. The highest BCUT2D eigenvalue weighted by atomic mass is 28.4. The Labute approximate surface area is 116 Å². The zero-order valence-electron chi connectivity index (χ0n) is 12.7. The monoisotopic (exact) mass is 287 g/mol. The zero-order chi connectivity index (χ0) is 14.8. The Bertz CT molecular complexity index is 362. The molecule has 1 aliphatic rings. The SMILES string of the molecule is CC(=O)OC1NC(=O)[C@H]1CCO[Si](C)(C)C(C)(C)C. The van der Waals surface area contributed by atoms with Gasteiger partial charge in [0.25, 0.3) is 0 Å². The minimum atomic E-state index is -1.78. The summed E-state index contributed by atoms with van der Waals surface area (Å²) < 4.78 is 11.0. The van der Waals surface area contributed by atoms with Crippen molar-refractivity contribution in [2.75, 3.05) is 6.61 Å². The second kappa shape index (κ2) is 5.62. The Hall–Kier alpha value is -0.883. The molecule has 0 saturated carbocycles. The molecule has 19 heavy (non-hydrogen) atoms. The van der Waals surface area contributed by atoms with Gasteiger partial charge in [-0.3, -0.25) is 9.59 Å². The van der Waals surface area contributed by atoms with Crippen molar-refractivity contribution in [2.45, 2.75) is 58.5 Å². The number of hydrogen-bond acceptors (Lipinski definition) is 4. The molecule has 0 bridgehead atoms. The summed E-state index contributed by atoms with van der Waals surface area (Å²) in [6.45, 7) is 12.8. The molecule has 1 rings (SSSR count). The second-order valence-electron chi connectivity index (χ2n) is 6.54. The van der Waals surface area contributed by atoms with E-state index in [1.807, 2.05) is 0 Å². The van der Waals surface area contributed by atoms with Crippen LogP contribution in [0.3, 0.4) is 0 Å². The number of nitrogens with one attached hydrogen (secondary N) is 1. The van der Waals surface area contributed by atoms with Crippen LogP contribution >= 0.6 is 0 Å². The minimum absolute atomic E-state index is 0.0647. The summed E-state index contributed by atoms with van der Waals surface area (Å²) in [5.41, 5.74) is 0. The highest BCUT2D eigenvalue weighted by Crippen LogP contribution is 2.36. The molecule has 110 valence electrons. The topological polar surface area (TPSA) is 64.6 Å². The summed E-state index contributed by atoms with van der Waals surface area (Å²) in [7, 11) is -1.78. The minimum Gasteiger partial charge on any atom is -0.441 e. The van der Waals surface area contributed by atoms with Gasteiger partial charge in [0.1, 0.15) is 0 Å². The molecule has 0 aromatic rings. The van der Waals surface area contributed by atoms with E-state index in [2.05, 4.69) is 39.2 Å². The van der Waals surface area contributed by atoms with Crippen LogP contribution in [-0.2, 0) is 18.8 Å². The molecular weight excluding hydrogens is 262 g/mol. The smallest absolute Gasteiger partial charge is 0.304 e. The van der Waals surface area contributed by atoms with E-state index >= 15 is 0 Å². The molecular formula is C13H25NO4Si. The van der Waals surface area contributed by atoms with Crippen molar-refractivity contribution in [1.82, 2.24) is 5.32 Å². The molecule has 1 heterocycles. The molecule has 1 fully saturated rings. The van der Waals surface area contributed by atoms with Gasteiger partial charge in [0, 0.05) is 13.5 Å². The maximum absolute atomic E-state index is 11.4. The Morgan fingerprint density at radius 3 is 2.37 bits per heavy atom. The van der Waals surface area contributed by atoms with Crippen molar-refractivity contribution in [3.8, 4) is 0 Å². The molecule has 1 amide bonds. The van der Waals surface area contributed by atoms with Gasteiger partial charge in [-0.1, -0.05) is 20.8 Å². The van der Waals surface area contributed by atoms with Crippen LogP contribution in [0.1, 0.15) is 34.1 Å². The lowest BCUT2D eigenvalue weighted by Crippen LogP contribution is -2.60. The number of β-lactam (4-membered cyclic amide) rings is 1. The van der Waals surface area contributed by atoms with E-state index in [-0.39, 0.29) is 22.8 Å². The summed E-state index contributed by atoms with van der Waals surface area (Å²) in [6.07, 6.45) is 0.115. The molecule has 0 radical (unpaired) electrons. The fourth-order valence-corrected chi connectivity index (χ4v) is 2.68. The molecule has 1 saturated heterocycles. The predicted octanol–water partition coefficient (Wildman–Crippen LogP) is 2.03. The standard InChI is InChI=1S/C13H25NO4Si/c1-9(15)18-12-10(11(16)14-12)7-8-17-19(5,6)13(2,3)4/h10,12H,7-8H2,1-6H3,(H,14,16)/t10-,12?/m1/s1. The quantitative estimate of drug-likeness (QED) is 0.477. The van der Waals surface area contributed by atoms with Crippen molar-refractivity contribution in [3.05, 3.63) is 0 Å². The van der Waals surface area contributed by atoms with Crippen molar-refractivity contribution in [3.63, 3.8) is 0 Å². The maximum atomic E-state index is 11.4. The summed E-state index contributed by atoms with van der Waals surface area (Å²) in [5.74, 6) is -0.709. The first kappa shape index (κ1) is 16.2. The third kappa shape index (κ3) is 4.04. The van der Waals surface area contributed by atoms with E-state index < -0.39 is 14.5 Å². The van der Waals surface area contributed by atoms with E-state index in [9.17, 15) is 9.59 Å². The summed E-state index contributed by atoms with van der Waals surface area (Å²) in [5, 5.41) is 2.73. The molecule has 0 aromatic carbocycles. The number of rotatable bonds is 5. The lowest BCUT2D eigenvalue weighted by atomic mass is 9.96. The van der Waals surface area contributed by atoms with Gasteiger partial charge in [-0.05, 0) is 24.6 Å². The summed E-state index contributed by atoms with van der Waals surface area (Å²) >= 11 is 0. The first-order valence-corrected chi connectivity index (χ1v) is 9.57. The van der Waals surface area contributed by atoms with Gasteiger partial charge in [-0.25, -0.2) is 0 Å². The first-order chi connectivity index (χ1) is 8.54. The van der Waals surface area contributed by atoms with Crippen LogP contribution in [0.2, 0.25) is 18.1 Å². The van der Waals surface area contributed by atoms with E-state index in [0.717, 1.165) is 0 Å². The Balaban J connectivity index is 2.40. The lowest BCUT2D eigenvalue weighted by Gasteiger charge is -2.38. The molecule has 1 N–H and O–H groups in total. The van der Waals surface area contributed by atoms with Crippen molar-refractivity contribution >= 4 is 20.2 Å². The van der Waals surface area contributed by atoms with Crippen LogP contribution in [0.4, 0.5) is 0 Å². The van der Waals surface area contributed by atoms with E-state index in [0.29, 0.717) is 13.0 Å². The zero-order valence-corrected chi connectivity index (χ0v) is 13.7. The van der Waals surface area contributed by atoms with E-state index in [1.165, 1.54) is 6.92 Å². The highest BCUT2D eigenvalue weighted by molar-refractivity contribution is 6.74. The predicted molar refractivity (Wildman–Crippen MR) is 75.0 cm³/mol. The van der Waals surface area contributed by atoms with Crippen molar-refractivity contribution in [1.29, 1.82) is 0 Å². The van der Waals surface area contributed by atoms with Gasteiger partial charge in [0.15, 0.2) is 14.5 Å². The average Bonchev–Trinajstić information content (AvgIpc) is 2.21. The van der Waals surface area contributed by atoms with Crippen LogP contribution in [-0.4, -0.2) is 33.0 Å². The normalized spacial score (nSPS) is 23.6. The van der Waals surface area contributed by atoms with Crippen molar-refractivity contribution < 1.29 is 18.8 Å². The van der Waals surface area contributed by atoms with Crippen LogP contribution in [0.5, 0.6) is 0 Å². The van der Waals surface area contributed by atoms with Crippen LogP contribution < -0.4 is 5.32 Å². The largest absolute Gasteiger partial charge is 0.441 e. The fourth-order valence-electron chi connectivity index (χ4n) is 1.62. The maximum Gasteiger partial charge on any atom is 0.304 e. The van der Waals surface area contributed by atoms with Gasteiger partial charge in [0.2, 0.25) is 5.91 Å². The molecule has 2 atom stereocenters. The van der Waals surface area contributed by atoms with Crippen LogP contribution in [0.15, 0.2) is 0 Å². The molecule has 0 aromatic heterocycles. The second-order valence-corrected chi connectivity index (χ2v) is 11.4. The number of carbonyl (C=O) groups is 2. The van der Waals surface area contributed by atoms with Gasteiger partial charge in [0.05, 0.1) is 5.92 Å². The van der Waals surface area contributed by atoms with Gasteiger partial charge >= 0.3 is 5.97 Å². The van der Waals surface area contributed by atoms with E-state index in [4.69, 9.17) is 9.16 Å². The van der Waals surface area contributed by atoms with Crippen LogP contribution in [0, 0.1) is 5.92 Å². The number of esters is 1. The summed E-state index contributed by atoms with van der Waals surface area (Å²) in [4.78, 5) is 22.3. The first-order valence-electron chi connectivity index (χ1n) is 6.66. The molecule has 6 heteroatoms. The Morgan fingerprint density at radius 1 is 1.37 bits per heavy atom. The van der Waals surface area contributed by atoms with Gasteiger partial charge in [-0.2, -0.15) is 0 Å². The molecule has 1 unspecified atom stereocenters. The summed E-state index contributed by atoms with van der Waals surface area (Å²) in [6, 6.07) is 0. The van der Waals surface area contributed by atoms with Gasteiger partial charge in [-0.15, -0.1) is 0 Å². The third-order valence-electron chi connectivity index (χ3n) is 3.98. The highest BCUT2D eigenvalue weighted by Gasteiger charge is 2.42. The number of hydrogen-bond donors (Lipinski definition) is 1. The number of carbonyl (C=O) groups excluding carboxylic acids is 2. The van der Waals surface area contributed by atoms with Gasteiger partial charge < -0.3 is 14.5 Å². The Morgan fingerprint density at radius 2 is 1.95 bits per heavy atom. The number of ether oxygens (including phenoxy) is 1. The van der Waals surface area contributed by atoms with Crippen molar-refractivity contribution in [2.24, 2.45) is 5.92 Å². The lowest BCUT2D eigenvalue weighted by molar-refractivity contribution is -0.168. The molecule has 1 aliphatic heterocycles. The third-order valence-corrected chi connectivity index (χ3v) is 8.52.